The minimum Gasteiger partial charge on any atom is -0.468 e. The maximum atomic E-state index is 11.8. The van der Waals surface area contributed by atoms with Gasteiger partial charge in [-0.25, -0.2) is 0 Å². The van der Waals surface area contributed by atoms with Crippen LogP contribution in [0.2, 0.25) is 10.0 Å². The Balaban J connectivity index is 2.97. The molecule has 1 aromatic rings. The number of ether oxygens (including phenoxy) is 1. The maximum absolute atomic E-state index is 11.8. The van der Waals surface area contributed by atoms with E-state index in [0.29, 0.717) is 10.6 Å². The summed E-state index contributed by atoms with van der Waals surface area (Å²) in [6.07, 6.45) is 0. The molecule has 0 saturated carbocycles. The lowest BCUT2D eigenvalue weighted by atomic mass is 10.00. The van der Waals surface area contributed by atoms with Crippen LogP contribution >= 0.6 is 23.2 Å². The first-order valence-corrected chi connectivity index (χ1v) is 5.30. The van der Waals surface area contributed by atoms with Gasteiger partial charge in [-0.1, -0.05) is 23.2 Å². The van der Waals surface area contributed by atoms with E-state index in [-0.39, 0.29) is 10.8 Å². The zero-order valence-corrected chi connectivity index (χ0v) is 10.3. The second-order valence-corrected chi connectivity index (χ2v) is 4.05. The number of carbonyl (C=O) groups excluding carboxylic acids is 2. The highest BCUT2D eigenvalue weighted by Gasteiger charge is 2.23. The number of hydrogen-bond donors (Lipinski definition) is 0. The Morgan fingerprint density at radius 2 is 1.88 bits per heavy atom. The van der Waals surface area contributed by atoms with Crippen molar-refractivity contribution in [2.45, 2.75) is 6.92 Å². The molecular weight excluding hydrogens is 251 g/mol. The van der Waals surface area contributed by atoms with Crippen LogP contribution < -0.4 is 0 Å². The number of carbonyl (C=O) groups is 2. The lowest BCUT2D eigenvalue weighted by Crippen LogP contribution is -2.22. The summed E-state index contributed by atoms with van der Waals surface area (Å²) in [5, 5.41) is 0.647. The summed E-state index contributed by atoms with van der Waals surface area (Å²) in [5.41, 5.74) is 0.340. The number of Topliss-reactive ketones (excluding diaryl/α,β-unsaturated/α-hetero) is 1. The SMILES string of the molecule is COC(=O)C(C)C(=O)c1ccc(Cl)c(Cl)c1. The fourth-order valence-electron chi connectivity index (χ4n) is 1.18. The first-order chi connectivity index (χ1) is 7.47. The van der Waals surface area contributed by atoms with Crippen LogP contribution in [0.3, 0.4) is 0 Å². The number of ketones is 1. The van der Waals surface area contributed by atoms with Gasteiger partial charge in [0, 0.05) is 5.56 Å². The van der Waals surface area contributed by atoms with Gasteiger partial charge in [0.15, 0.2) is 5.78 Å². The van der Waals surface area contributed by atoms with Gasteiger partial charge in [0.25, 0.3) is 0 Å². The van der Waals surface area contributed by atoms with Crippen molar-refractivity contribution >= 4 is 35.0 Å². The van der Waals surface area contributed by atoms with Crippen molar-refractivity contribution in [3.05, 3.63) is 33.8 Å². The molecule has 0 aliphatic carbocycles. The van der Waals surface area contributed by atoms with Gasteiger partial charge in [0.1, 0.15) is 5.92 Å². The van der Waals surface area contributed by atoms with Crippen LogP contribution in [0.25, 0.3) is 0 Å². The monoisotopic (exact) mass is 260 g/mol. The second kappa shape index (κ2) is 5.32. The molecule has 3 nitrogen and oxygen atoms in total. The fourth-order valence-corrected chi connectivity index (χ4v) is 1.48. The highest BCUT2D eigenvalue weighted by molar-refractivity contribution is 6.42. The lowest BCUT2D eigenvalue weighted by Gasteiger charge is -2.08. The Bertz CT molecular complexity index is 429. The highest BCUT2D eigenvalue weighted by atomic mass is 35.5. The maximum Gasteiger partial charge on any atom is 0.316 e. The molecule has 0 radical (unpaired) electrons. The summed E-state index contributed by atoms with van der Waals surface area (Å²) < 4.78 is 4.49. The van der Waals surface area contributed by atoms with Crippen molar-refractivity contribution in [3.8, 4) is 0 Å². The van der Waals surface area contributed by atoms with Crippen molar-refractivity contribution in [3.63, 3.8) is 0 Å². The summed E-state index contributed by atoms with van der Waals surface area (Å²) in [7, 11) is 1.24. The first kappa shape index (κ1) is 13.0. The van der Waals surface area contributed by atoms with Crippen molar-refractivity contribution in [2.24, 2.45) is 5.92 Å². The third-order valence-electron chi connectivity index (χ3n) is 2.15. The van der Waals surface area contributed by atoms with Gasteiger partial charge in [-0.2, -0.15) is 0 Å². The molecule has 1 rings (SSSR count). The van der Waals surface area contributed by atoms with Gasteiger partial charge in [-0.15, -0.1) is 0 Å². The fraction of sp³-hybridized carbons (Fsp3) is 0.273. The summed E-state index contributed by atoms with van der Waals surface area (Å²) >= 11 is 11.5. The van der Waals surface area contributed by atoms with Crippen LogP contribution in [-0.4, -0.2) is 18.9 Å². The van der Waals surface area contributed by atoms with Crippen molar-refractivity contribution in [2.75, 3.05) is 7.11 Å². The standard InChI is InChI=1S/C11H10Cl2O3/c1-6(11(15)16-2)10(14)7-3-4-8(12)9(13)5-7/h3-6H,1-2H3. The van der Waals surface area contributed by atoms with Crippen molar-refractivity contribution in [1.82, 2.24) is 0 Å². The minimum absolute atomic E-state index is 0.282. The molecule has 0 aliphatic heterocycles. The third-order valence-corrected chi connectivity index (χ3v) is 2.89. The molecule has 0 aromatic heterocycles. The van der Waals surface area contributed by atoms with Gasteiger partial charge >= 0.3 is 5.97 Å². The number of halogens is 2. The quantitative estimate of drug-likeness (QED) is 0.477. The molecule has 0 spiro atoms. The molecular formula is C11H10Cl2O3. The third kappa shape index (κ3) is 2.74. The Hall–Kier alpha value is -1.06. The highest BCUT2D eigenvalue weighted by Crippen LogP contribution is 2.24. The van der Waals surface area contributed by atoms with Crippen molar-refractivity contribution < 1.29 is 14.3 Å². The molecule has 86 valence electrons. The van der Waals surface area contributed by atoms with Crippen LogP contribution in [0.5, 0.6) is 0 Å². The Morgan fingerprint density at radius 3 is 2.38 bits per heavy atom. The molecule has 0 saturated heterocycles. The summed E-state index contributed by atoms with van der Waals surface area (Å²) in [6, 6.07) is 4.47. The van der Waals surface area contributed by atoms with Gasteiger partial charge in [0.05, 0.1) is 17.2 Å². The van der Waals surface area contributed by atoms with E-state index in [0.717, 1.165) is 0 Å². The zero-order valence-electron chi connectivity index (χ0n) is 8.79. The van der Waals surface area contributed by atoms with Crippen LogP contribution in [-0.2, 0) is 9.53 Å². The van der Waals surface area contributed by atoms with Crippen LogP contribution in [0.15, 0.2) is 18.2 Å². The molecule has 1 aromatic carbocycles. The normalized spacial score (nSPS) is 12.0. The Morgan fingerprint density at radius 1 is 1.25 bits per heavy atom. The Labute approximate surface area is 103 Å². The minimum atomic E-state index is -0.845. The predicted molar refractivity (Wildman–Crippen MR) is 62.0 cm³/mol. The molecule has 0 fully saturated rings. The molecule has 0 bridgehead atoms. The van der Waals surface area contributed by atoms with Gasteiger partial charge in [-0.05, 0) is 25.1 Å². The Kier molecular flexibility index (Phi) is 4.33. The number of hydrogen-bond acceptors (Lipinski definition) is 3. The smallest absolute Gasteiger partial charge is 0.316 e. The number of rotatable bonds is 3. The summed E-state index contributed by atoms with van der Waals surface area (Å²) in [5.74, 6) is -1.76. The molecule has 1 atom stereocenters. The molecule has 0 amide bonds. The largest absolute Gasteiger partial charge is 0.468 e. The van der Waals surface area contributed by atoms with E-state index >= 15 is 0 Å². The van der Waals surface area contributed by atoms with Crippen LogP contribution in [0.1, 0.15) is 17.3 Å². The first-order valence-electron chi connectivity index (χ1n) is 4.54. The van der Waals surface area contributed by atoms with E-state index in [1.807, 2.05) is 0 Å². The van der Waals surface area contributed by atoms with E-state index in [4.69, 9.17) is 23.2 Å². The molecule has 0 N–H and O–H groups in total. The molecule has 0 heterocycles. The number of methoxy groups -OCH3 is 1. The van der Waals surface area contributed by atoms with Crippen molar-refractivity contribution in [1.29, 1.82) is 0 Å². The van der Waals surface area contributed by atoms with Gasteiger partial charge < -0.3 is 4.74 Å². The summed E-state index contributed by atoms with van der Waals surface area (Å²) in [6.45, 7) is 1.48. The van der Waals surface area contributed by atoms with Gasteiger partial charge in [-0.3, -0.25) is 9.59 Å². The molecule has 0 aliphatic rings. The van der Waals surface area contributed by atoms with E-state index in [1.165, 1.54) is 32.2 Å². The summed E-state index contributed by atoms with van der Waals surface area (Å²) in [4.78, 5) is 23.0. The van der Waals surface area contributed by atoms with Crippen LogP contribution in [0, 0.1) is 5.92 Å². The average molecular weight is 261 g/mol. The lowest BCUT2D eigenvalue weighted by molar-refractivity contribution is -0.143. The number of esters is 1. The average Bonchev–Trinajstić information content (AvgIpc) is 2.29. The van der Waals surface area contributed by atoms with Crippen LogP contribution in [0.4, 0.5) is 0 Å². The molecule has 5 heteroatoms. The van der Waals surface area contributed by atoms with Gasteiger partial charge in [0.2, 0.25) is 0 Å². The molecule has 16 heavy (non-hydrogen) atoms. The van der Waals surface area contributed by atoms with E-state index in [1.54, 1.807) is 0 Å². The van der Waals surface area contributed by atoms with E-state index < -0.39 is 11.9 Å². The predicted octanol–water partition coefficient (Wildman–Crippen LogP) is 2.99. The molecule has 1 unspecified atom stereocenters. The number of benzene rings is 1. The zero-order chi connectivity index (χ0) is 12.3. The van der Waals surface area contributed by atoms with E-state index in [2.05, 4.69) is 4.74 Å². The second-order valence-electron chi connectivity index (χ2n) is 3.24. The topological polar surface area (TPSA) is 43.4 Å². The van der Waals surface area contributed by atoms with E-state index in [9.17, 15) is 9.59 Å².